The van der Waals surface area contributed by atoms with Gasteiger partial charge >= 0.3 is 0 Å². The molecular weight excluding hydrogens is 713 g/mol. The van der Waals surface area contributed by atoms with Crippen LogP contribution >= 0.6 is 0 Å². The molecule has 5 heterocycles. The predicted molar refractivity (Wildman–Crippen MR) is 205 cm³/mol. The summed E-state index contributed by atoms with van der Waals surface area (Å²) in [6.45, 7) is 7.34. The number of fused-ring (bicyclic) bond motifs is 5. The van der Waals surface area contributed by atoms with Gasteiger partial charge in [0, 0.05) is 17.7 Å². The van der Waals surface area contributed by atoms with Gasteiger partial charge in [0.2, 0.25) is 23.6 Å². The van der Waals surface area contributed by atoms with Crippen LogP contribution in [-0.2, 0) is 27.8 Å². The highest BCUT2D eigenvalue weighted by atomic mass is 16.5. The Balaban J connectivity index is 1.18. The molecule has 56 heavy (non-hydrogen) atoms. The number of nitrogens with one attached hydrogen (secondary N) is 4. The number of ether oxygens (including phenoxy) is 1. The number of aliphatic hydroxyl groups excluding tert-OH is 1. The number of para-hydroxylation sites is 1. The van der Waals surface area contributed by atoms with Crippen molar-refractivity contribution in [1.29, 1.82) is 0 Å². The second kappa shape index (κ2) is 13.7. The van der Waals surface area contributed by atoms with Crippen LogP contribution in [0.4, 0.5) is 5.69 Å². The van der Waals surface area contributed by atoms with Gasteiger partial charge in [0.25, 0.3) is 5.91 Å². The van der Waals surface area contributed by atoms with Gasteiger partial charge in [-0.1, -0.05) is 82.3 Å². The summed E-state index contributed by atoms with van der Waals surface area (Å²) in [7, 11) is 0. The molecule has 1 aliphatic carbocycles. The number of aromatic nitrogens is 2. The van der Waals surface area contributed by atoms with E-state index in [1.54, 1.807) is 13.8 Å². The normalized spacial score (nSPS) is 23.7. The topological polar surface area (TPSA) is 181 Å². The van der Waals surface area contributed by atoms with Crippen LogP contribution in [0, 0.1) is 11.8 Å². The lowest BCUT2D eigenvalue weighted by molar-refractivity contribution is -0.135. The largest absolute Gasteiger partial charge is 0.469 e. The molecule has 5 N–H and O–H groups in total. The number of aliphatic hydroxyl groups is 1. The molecule has 1 spiro atoms. The number of oxazole rings is 2. The van der Waals surface area contributed by atoms with Gasteiger partial charge in [0.1, 0.15) is 35.6 Å². The van der Waals surface area contributed by atoms with Crippen molar-refractivity contribution in [2.45, 2.75) is 89.3 Å². The maximum absolute atomic E-state index is 14.2. The Labute approximate surface area is 323 Å². The van der Waals surface area contributed by atoms with Crippen molar-refractivity contribution in [1.82, 2.24) is 25.9 Å². The maximum Gasteiger partial charge on any atom is 0.273 e. The van der Waals surface area contributed by atoms with E-state index in [1.807, 2.05) is 68.4 Å². The molecule has 0 radical (unpaired) electrons. The number of amides is 3. The van der Waals surface area contributed by atoms with Crippen LogP contribution < -0.4 is 26.0 Å². The second-order valence-electron chi connectivity index (χ2n) is 15.9. The van der Waals surface area contributed by atoms with Crippen LogP contribution in [0.5, 0.6) is 5.75 Å². The van der Waals surface area contributed by atoms with Crippen LogP contribution in [0.25, 0.3) is 11.6 Å². The van der Waals surface area contributed by atoms with Crippen LogP contribution in [0.2, 0.25) is 0 Å². The van der Waals surface area contributed by atoms with Crippen LogP contribution in [-0.4, -0.2) is 51.2 Å². The summed E-state index contributed by atoms with van der Waals surface area (Å²) in [6, 6.07) is 19.8. The van der Waals surface area contributed by atoms with E-state index in [0.717, 1.165) is 47.2 Å². The van der Waals surface area contributed by atoms with E-state index in [9.17, 15) is 19.5 Å². The van der Waals surface area contributed by atoms with Crippen LogP contribution in [0.3, 0.4) is 0 Å². The minimum Gasteiger partial charge on any atom is -0.469 e. The number of anilines is 1. The van der Waals surface area contributed by atoms with E-state index in [4.69, 9.17) is 23.5 Å². The highest BCUT2D eigenvalue weighted by Gasteiger charge is 2.61. The highest BCUT2D eigenvalue weighted by molar-refractivity contribution is 5.93. The van der Waals surface area contributed by atoms with Gasteiger partial charge in [-0.25, -0.2) is 9.97 Å². The molecule has 3 aliphatic heterocycles. The van der Waals surface area contributed by atoms with E-state index in [-0.39, 0.29) is 53.4 Å². The molecule has 288 valence electrons. The molecular formula is C43H44N6O7. The third-order valence-corrected chi connectivity index (χ3v) is 11.6. The molecule has 5 aromatic rings. The molecule has 0 saturated carbocycles. The summed E-state index contributed by atoms with van der Waals surface area (Å²) in [4.78, 5) is 50.9. The average molecular weight is 757 g/mol. The summed E-state index contributed by atoms with van der Waals surface area (Å²) >= 11 is 0. The minimum atomic E-state index is -1.30. The minimum absolute atomic E-state index is 0.0721. The summed E-state index contributed by atoms with van der Waals surface area (Å²) < 4.78 is 19.7. The Morgan fingerprint density at radius 2 is 1.75 bits per heavy atom. The van der Waals surface area contributed by atoms with E-state index in [0.29, 0.717) is 11.5 Å². The predicted octanol–water partition coefficient (Wildman–Crippen LogP) is 5.49. The number of carbonyl (C=O) groups excluding carboxylic acids is 3. The number of carbonyl (C=O) groups is 3. The third kappa shape index (κ3) is 5.75. The molecule has 6 atom stereocenters. The van der Waals surface area contributed by atoms with Crippen molar-refractivity contribution in [2.75, 3.05) is 5.32 Å². The Bertz CT molecular complexity index is 2370. The number of rotatable bonds is 7. The van der Waals surface area contributed by atoms with Crippen molar-refractivity contribution in [3.63, 3.8) is 0 Å². The van der Waals surface area contributed by atoms with Gasteiger partial charge in [0.05, 0.1) is 6.04 Å². The summed E-state index contributed by atoms with van der Waals surface area (Å²) in [6.07, 6.45) is 2.25. The van der Waals surface area contributed by atoms with Crippen LogP contribution in [0.15, 0.2) is 81.8 Å². The second-order valence-corrected chi connectivity index (χ2v) is 15.9. The van der Waals surface area contributed by atoms with Crippen molar-refractivity contribution in [3.05, 3.63) is 118 Å². The fraction of sp³-hybridized carbons (Fsp3) is 0.372. The lowest BCUT2D eigenvalue weighted by Gasteiger charge is -2.29. The quantitative estimate of drug-likeness (QED) is 0.143. The first-order chi connectivity index (χ1) is 27.0. The molecule has 4 bridgehead atoms. The van der Waals surface area contributed by atoms with Crippen molar-refractivity contribution >= 4 is 23.4 Å². The summed E-state index contributed by atoms with van der Waals surface area (Å²) in [5.74, 6) is -0.811. The zero-order chi connectivity index (χ0) is 38.9. The molecule has 1 unspecified atom stereocenters. The molecule has 13 nitrogen and oxygen atoms in total. The number of benzene rings is 3. The molecule has 9 rings (SSSR count). The Hall–Kier alpha value is -5.95. The maximum atomic E-state index is 14.2. The Kier molecular flexibility index (Phi) is 8.72. The molecule has 3 amide bonds. The number of aryl methyl sites for hydroxylation is 1. The third-order valence-electron chi connectivity index (χ3n) is 11.6. The SMILES string of the molecule is CC(C)[C@H](O)C(=O)N[C@H]1Cc2ccc3c(c2)[C@@]2(c4ccccc4NC2O3)c2oc(nc2-c2nc(C(=O)N[C@@H]3CCCc4ccccc43)co2)[C@H](C(C)C)NC1=O. The zero-order valence-electron chi connectivity index (χ0n) is 31.6. The monoisotopic (exact) mass is 756 g/mol. The number of hydrogen-bond acceptors (Lipinski definition) is 10. The first kappa shape index (κ1) is 35.7. The highest BCUT2D eigenvalue weighted by Crippen LogP contribution is 2.59. The first-order valence-electron chi connectivity index (χ1n) is 19.3. The lowest BCUT2D eigenvalue weighted by atomic mass is 9.72. The summed E-state index contributed by atoms with van der Waals surface area (Å²) in [5, 5.41) is 23.2. The molecule has 3 aromatic carbocycles. The van der Waals surface area contributed by atoms with E-state index in [1.165, 1.54) is 11.8 Å². The van der Waals surface area contributed by atoms with E-state index < -0.39 is 41.6 Å². The standard InChI is InChI=1S/C43H44N6O7/c1-21(2)33-41-49-34(40-46-31(20-54-40)38(52)44-28-15-9-11-24-10-5-6-12-25(24)28)36(56-41)43-26-13-7-8-14-29(26)47-42(43)55-32-17-16-23(18-27(32)43)19-30(37(51)48-33)45-39(53)35(50)22(3)4/h5-8,10,12-14,16-18,20-22,28,30,33,35,42,47,50H,9,11,15,19H2,1-4H3,(H,44,52)(H,45,53)(H,48,51)/t28-,30+,33+,35+,42?,43+/m1/s1. The van der Waals surface area contributed by atoms with Gasteiger partial charge in [-0.3, -0.25) is 14.4 Å². The fourth-order valence-electron chi connectivity index (χ4n) is 8.63. The molecule has 4 aliphatic rings. The molecule has 0 saturated heterocycles. The van der Waals surface area contributed by atoms with E-state index >= 15 is 0 Å². The zero-order valence-corrected chi connectivity index (χ0v) is 31.6. The molecule has 2 aromatic heterocycles. The summed E-state index contributed by atoms with van der Waals surface area (Å²) in [5.41, 5.74) is 4.80. The van der Waals surface area contributed by atoms with Gasteiger partial charge in [-0.15, -0.1) is 0 Å². The lowest BCUT2D eigenvalue weighted by Crippen LogP contribution is -2.52. The first-order valence-corrected chi connectivity index (χ1v) is 19.3. The van der Waals surface area contributed by atoms with Gasteiger partial charge in [-0.2, -0.15) is 0 Å². The van der Waals surface area contributed by atoms with Crippen molar-refractivity contribution < 1.29 is 33.1 Å². The van der Waals surface area contributed by atoms with Crippen LogP contribution in [0.1, 0.15) is 103 Å². The van der Waals surface area contributed by atoms with Gasteiger partial charge < -0.3 is 39.9 Å². The Morgan fingerprint density at radius 1 is 0.946 bits per heavy atom. The van der Waals surface area contributed by atoms with Gasteiger partial charge in [0.15, 0.2) is 23.4 Å². The van der Waals surface area contributed by atoms with Crippen molar-refractivity contribution in [2.24, 2.45) is 11.8 Å². The number of hydrogen-bond donors (Lipinski definition) is 5. The van der Waals surface area contributed by atoms with E-state index in [2.05, 4.69) is 33.4 Å². The fourth-order valence-corrected chi connectivity index (χ4v) is 8.63. The molecule has 0 fully saturated rings. The van der Waals surface area contributed by atoms with Gasteiger partial charge in [-0.05, 0) is 65.5 Å². The average Bonchev–Trinajstić information content (AvgIpc) is 3.97. The smallest absolute Gasteiger partial charge is 0.273 e. The Morgan fingerprint density at radius 3 is 2.57 bits per heavy atom. The van der Waals surface area contributed by atoms with Crippen molar-refractivity contribution in [3.8, 4) is 17.3 Å². The number of nitrogens with zero attached hydrogens (tertiary/aromatic N) is 2. The molecule has 13 heteroatoms.